The van der Waals surface area contributed by atoms with Crippen molar-refractivity contribution in [3.8, 4) is 0 Å². The number of carbonyl (C=O) groups excluding carboxylic acids is 2. The molecule has 2 amide bonds. The summed E-state index contributed by atoms with van der Waals surface area (Å²) in [6.45, 7) is 0.398. The number of aromatic nitrogens is 1. The monoisotopic (exact) mass is 471 g/mol. The van der Waals surface area contributed by atoms with Gasteiger partial charge in [-0.1, -0.05) is 30.3 Å². The number of hydrogen-bond donors (Lipinski definition) is 3. The number of anilines is 1. The number of halogens is 1. The molecule has 154 valence electrons. The van der Waals surface area contributed by atoms with Crippen molar-refractivity contribution in [3.63, 3.8) is 0 Å². The lowest BCUT2D eigenvalue weighted by Gasteiger charge is -2.10. The fraction of sp³-hybridized carbons (Fsp3) is 0.100. The number of nitrogens with zero attached hydrogens (tertiary/aromatic N) is 2. The number of aryl methyl sites for hydroxylation is 1. The molecule has 0 unspecified atom stereocenters. The second-order valence-corrected chi connectivity index (χ2v) is 7.31. The van der Waals surface area contributed by atoms with Crippen LogP contribution < -0.4 is 16.2 Å². The molecule has 3 N–H and O–H groups in total. The third kappa shape index (κ3) is 5.03. The van der Waals surface area contributed by atoms with Gasteiger partial charge < -0.3 is 9.88 Å². The fourth-order valence-corrected chi connectivity index (χ4v) is 3.29. The normalized spacial score (nSPS) is 10.3. The number of nitro groups is 1. The number of amides is 2. The van der Waals surface area contributed by atoms with Crippen LogP contribution in [0.1, 0.15) is 26.4 Å². The van der Waals surface area contributed by atoms with Crippen molar-refractivity contribution in [1.82, 2.24) is 15.4 Å². The summed E-state index contributed by atoms with van der Waals surface area (Å²) in [6, 6.07) is 15.1. The molecule has 0 radical (unpaired) electrons. The summed E-state index contributed by atoms with van der Waals surface area (Å²) >= 11 is 3.27. The van der Waals surface area contributed by atoms with E-state index in [2.05, 4.69) is 32.1 Å². The first-order valence-corrected chi connectivity index (χ1v) is 9.63. The highest BCUT2D eigenvalue weighted by Gasteiger charge is 2.18. The third-order valence-electron chi connectivity index (χ3n) is 4.28. The van der Waals surface area contributed by atoms with E-state index in [4.69, 9.17) is 0 Å². The van der Waals surface area contributed by atoms with Crippen LogP contribution in [0.2, 0.25) is 0 Å². The van der Waals surface area contributed by atoms with E-state index in [0.29, 0.717) is 12.2 Å². The number of benzene rings is 2. The van der Waals surface area contributed by atoms with Crippen molar-refractivity contribution < 1.29 is 14.5 Å². The highest BCUT2D eigenvalue weighted by Crippen LogP contribution is 2.26. The molecule has 0 bridgehead atoms. The Morgan fingerprint density at radius 2 is 1.77 bits per heavy atom. The predicted molar refractivity (Wildman–Crippen MR) is 115 cm³/mol. The van der Waals surface area contributed by atoms with E-state index in [1.165, 1.54) is 12.1 Å². The lowest BCUT2D eigenvalue weighted by Crippen LogP contribution is -2.42. The minimum atomic E-state index is -0.672. The van der Waals surface area contributed by atoms with Crippen LogP contribution in [0.3, 0.4) is 0 Å². The topological polar surface area (TPSA) is 118 Å². The van der Waals surface area contributed by atoms with E-state index in [1.807, 2.05) is 30.3 Å². The smallest absolute Gasteiger partial charge is 0.293 e. The quantitative estimate of drug-likeness (QED) is 0.376. The molecule has 1 aromatic heterocycles. The molecule has 0 spiro atoms. The van der Waals surface area contributed by atoms with Crippen LogP contribution in [-0.4, -0.2) is 21.3 Å². The second kappa shape index (κ2) is 9.23. The van der Waals surface area contributed by atoms with Gasteiger partial charge in [0.1, 0.15) is 11.4 Å². The molecule has 0 atom stereocenters. The van der Waals surface area contributed by atoms with Gasteiger partial charge in [-0.25, -0.2) is 0 Å². The molecular formula is C20H18BrN5O4. The third-order valence-corrected chi connectivity index (χ3v) is 4.71. The highest BCUT2D eigenvalue weighted by atomic mass is 79.9. The van der Waals surface area contributed by atoms with E-state index in [-0.39, 0.29) is 16.9 Å². The highest BCUT2D eigenvalue weighted by molar-refractivity contribution is 9.10. The van der Waals surface area contributed by atoms with Crippen molar-refractivity contribution in [2.75, 3.05) is 5.32 Å². The molecule has 2 aromatic carbocycles. The van der Waals surface area contributed by atoms with Crippen molar-refractivity contribution in [2.45, 2.75) is 6.54 Å². The molecule has 0 aliphatic carbocycles. The maximum atomic E-state index is 12.4. The molecule has 3 aromatic rings. The Labute approximate surface area is 180 Å². The summed E-state index contributed by atoms with van der Waals surface area (Å²) in [5.41, 5.74) is 5.94. The summed E-state index contributed by atoms with van der Waals surface area (Å²) in [6.07, 6.45) is 1.70. The summed E-state index contributed by atoms with van der Waals surface area (Å²) in [7, 11) is 1.69. The average Bonchev–Trinajstić information content (AvgIpc) is 3.08. The Morgan fingerprint density at radius 3 is 2.40 bits per heavy atom. The number of nitro benzene ring substituents is 1. The predicted octanol–water partition coefficient (Wildman–Crippen LogP) is 3.38. The van der Waals surface area contributed by atoms with Gasteiger partial charge in [0.25, 0.3) is 17.5 Å². The van der Waals surface area contributed by atoms with Gasteiger partial charge in [-0.3, -0.25) is 30.6 Å². The van der Waals surface area contributed by atoms with Crippen LogP contribution in [-0.2, 0) is 13.6 Å². The number of hydrazine groups is 1. The lowest BCUT2D eigenvalue weighted by molar-refractivity contribution is -0.384. The van der Waals surface area contributed by atoms with Crippen molar-refractivity contribution >= 4 is 39.1 Å². The average molecular weight is 472 g/mol. The van der Waals surface area contributed by atoms with Crippen LogP contribution in [0.25, 0.3) is 0 Å². The van der Waals surface area contributed by atoms with E-state index in [9.17, 15) is 19.7 Å². The zero-order valence-corrected chi connectivity index (χ0v) is 17.5. The lowest BCUT2D eigenvalue weighted by atomic mass is 10.1. The number of rotatable bonds is 6. The minimum Gasteiger partial charge on any atom is -0.375 e. The SMILES string of the molecule is Cn1cc(Br)cc1C(=O)NNC(=O)c1ccc(NCc2ccccc2)c([N+](=O)[O-])c1. The Balaban J connectivity index is 1.68. The van der Waals surface area contributed by atoms with Gasteiger partial charge in [0.2, 0.25) is 0 Å². The molecule has 0 saturated heterocycles. The van der Waals surface area contributed by atoms with Gasteiger partial charge in [0, 0.05) is 35.9 Å². The van der Waals surface area contributed by atoms with Gasteiger partial charge in [-0.2, -0.15) is 0 Å². The number of hydrogen-bond acceptors (Lipinski definition) is 5. The molecule has 0 aliphatic rings. The van der Waals surface area contributed by atoms with Crippen LogP contribution in [0, 0.1) is 10.1 Å². The number of nitrogens with one attached hydrogen (secondary N) is 3. The van der Waals surface area contributed by atoms with Crippen LogP contribution >= 0.6 is 15.9 Å². The zero-order chi connectivity index (χ0) is 21.7. The molecule has 0 aliphatic heterocycles. The maximum absolute atomic E-state index is 12.4. The van der Waals surface area contributed by atoms with E-state index < -0.39 is 16.7 Å². The molecule has 9 nitrogen and oxygen atoms in total. The molecule has 3 rings (SSSR count). The molecule has 0 saturated carbocycles. The van der Waals surface area contributed by atoms with E-state index in [0.717, 1.165) is 16.1 Å². The first kappa shape index (κ1) is 21.1. The number of carbonyl (C=O) groups is 2. The van der Waals surface area contributed by atoms with E-state index >= 15 is 0 Å². The van der Waals surface area contributed by atoms with Crippen LogP contribution in [0.15, 0.2) is 65.3 Å². The largest absolute Gasteiger partial charge is 0.375 e. The Morgan fingerprint density at radius 1 is 1.07 bits per heavy atom. The Bertz CT molecular complexity index is 1100. The summed E-state index contributed by atoms with van der Waals surface area (Å²) in [4.78, 5) is 35.4. The second-order valence-electron chi connectivity index (χ2n) is 6.39. The van der Waals surface area contributed by atoms with Crippen molar-refractivity contribution in [2.24, 2.45) is 7.05 Å². The van der Waals surface area contributed by atoms with Gasteiger partial charge in [0.15, 0.2) is 0 Å². The Kier molecular flexibility index (Phi) is 6.48. The van der Waals surface area contributed by atoms with Crippen molar-refractivity contribution in [1.29, 1.82) is 0 Å². The van der Waals surface area contributed by atoms with Gasteiger partial charge in [0.05, 0.1) is 4.92 Å². The van der Waals surface area contributed by atoms with Crippen LogP contribution in [0.4, 0.5) is 11.4 Å². The molecule has 10 heteroatoms. The van der Waals surface area contributed by atoms with Gasteiger partial charge in [-0.15, -0.1) is 0 Å². The van der Waals surface area contributed by atoms with Gasteiger partial charge in [-0.05, 0) is 39.7 Å². The molecule has 1 heterocycles. The summed E-state index contributed by atoms with van der Waals surface area (Å²) in [5.74, 6) is -1.19. The first-order valence-electron chi connectivity index (χ1n) is 8.84. The molecular weight excluding hydrogens is 454 g/mol. The summed E-state index contributed by atoms with van der Waals surface area (Å²) in [5, 5.41) is 14.5. The standard InChI is InChI=1S/C20H18BrN5O4/c1-25-12-15(21)10-18(25)20(28)24-23-19(27)14-7-8-16(17(9-14)26(29)30)22-11-13-5-3-2-4-6-13/h2-10,12,22H,11H2,1H3,(H,23,27)(H,24,28). The zero-order valence-electron chi connectivity index (χ0n) is 15.9. The molecule has 30 heavy (non-hydrogen) atoms. The van der Waals surface area contributed by atoms with E-state index in [1.54, 1.807) is 23.9 Å². The summed E-state index contributed by atoms with van der Waals surface area (Å²) < 4.78 is 2.31. The molecule has 0 fully saturated rings. The van der Waals surface area contributed by atoms with Crippen LogP contribution in [0.5, 0.6) is 0 Å². The van der Waals surface area contributed by atoms with Crippen molar-refractivity contribution in [3.05, 3.63) is 92.2 Å². The minimum absolute atomic E-state index is 0.0420. The first-order chi connectivity index (χ1) is 14.3. The fourth-order valence-electron chi connectivity index (χ4n) is 2.77. The maximum Gasteiger partial charge on any atom is 0.293 e. The Hall–Kier alpha value is -3.66. The van der Waals surface area contributed by atoms with Gasteiger partial charge >= 0.3 is 0 Å².